The predicted molar refractivity (Wildman–Crippen MR) is 144 cm³/mol. The average Bonchev–Trinajstić information content (AvgIpc) is 2.86. The molecule has 0 bridgehead atoms. The van der Waals surface area contributed by atoms with Crippen molar-refractivity contribution in [3.63, 3.8) is 0 Å². The number of hydrogen-bond donors (Lipinski definition) is 0. The van der Waals surface area contributed by atoms with Crippen LogP contribution >= 0.6 is 0 Å². The maximum Gasteiger partial charge on any atom is 0.254 e. The Morgan fingerprint density at radius 3 is 2.14 bits per heavy atom. The highest BCUT2D eigenvalue weighted by atomic mass is 32.2. The number of benzene rings is 2. The number of piperazine rings is 1. The van der Waals surface area contributed by atoms with Gasteiger partial charge < -0.3 is 9.80 Å². The van der Waals surface area contributed by atoms with Gasteiger partial charge in [-0.05, 0) is 60.9 Å². The molecule has 0 N–H and O–H groups in total. The van der Waals surface area contributed by atoms with Gasteiger partial charge in [-0.2, -0.15) is 0 Å². The third kappa shape index (κ3) is 7.42. The van der Waals surface area contributed by atoms with Gasteiger partial charge in [0.2, 0.25) is 5.91 Å². The molecule has 36 heavy (non-hydrogen) atoms. The summed E-state index contributed by atoms with van der Waals surface area (Å²) in [5, 5.41) is 0. The van der Waals surface area contributed by atoms with E-state index in [0.29, 0.717) is 44.1 Å². The second-order valence-electron chi connectivity index (χ2n) is 10.3. The van der Waals surface area contributed by atoms with Crippen LogP contribution in [0.2, 0.25) is 0 Å². The zero-order valence-corrected chi connectivity index (χ0v) is 22.9. The first-order valence-electron chi connectivity index (χ1n) is 13.1. The quantitative estimate of drug-likeness (QED) is 0.447. The number of nitrogens with zero attached hydrogens (tertiary/aromatic N) is 2. The Morgan fingerprint density at radius 2 is 1.53 bits per heavy atom. The molecule has 0 saturated carbocycles. The maximum absolute atomic E-state index is 13.3. The van der Waals surface area contributed by atoms with Crippen LogP contribution in [0.3, 0.4) is 0 Å². The topological polar surface area (TPSA) is 74.8 Å². The number of hydrogen-bond acceptors (Lipinski definition) is 4. The third-order valence-electron chi connectivity index (χ3n) is 6.85. The van der Waals surface area contributed by atoms with Gasteiger partial charge in [0.1, 0.15) is 0 Å². The normalized spacial score (nSPS) is 14.4. The molecule has 7 heteroatoms. The molecule has 1 aliphatic heterocycles. The Labute approximate surface area is 216 Å². The number of aryl methyl sites for hydroxylation is 2. The lowest BCUT2D eigenvalue weighted by Gasteiger charge is -2.35. The first-order valence-corrected chi connectivity index (χ1v) is 14.7. The summed E-state index contributed by atoms with van der Waals surface area (Å²) in [5.41, 5.74) is 3.10. The van der Waals surface area contributed by atoms with Gasteiger partial charge in [0, 0.05) is 38.2 Å². The van der Waals surface area contributed by atoms with Crippen LogP contribution in [0, 0.1) is 12.8 Å². The molecule has 3 rings (SSSR count). The van der Waals surface area contributed by atoms with Crippen molar-refractivity contribution in [1.82, 2.24) is 9.80 Å². The highest BCUT2D eigenvalue weighted by Gasteiger charge is 2.27. The summed E-state index contributed by atoms with van der Waals surface area (Å²) in [7, 11) is -3.60. The molecule has 1 aliphatic rings. The third-order valence-corrected chi connectivity index (χ3v) is 8.54. The van der Waals surface area contributed by atoms with E-state index in [4.69, 9.17) is 0 Å². The monoisotopic (exact) mass is 512 g/mol. The largest absolute Gasteiger partial charge is 0.339 e. The molecule has 196 valence electrons. The van der Waals surface area contributed by atoms with E-state index in [1.165, 1.54) is 11.6 Å². The van der Waals surface area contributed by atoms with E-state index in [2.05, 4.69) is 20.8 Å². The fourth-order valence-electron chi connectivity index (χ4n) is 4.41. The standard InChI is InChI=1S/C29H40N2O4S/c1-5-6-7-24-10-12-25(13-11-24)21-36(34,35)26-14-9-23(4)27(20-26)29(33)31-18-16-30(17-19-31)28(32)15-8-22(2)3/h9-14,20,22H,5-8,15-19,21H2,1-4H3. The second kappa shape index (κ2) is 12.5. The van der Waals surface area contributed by atoms with Gasteiger partial charge in [-0.25, -0.2) is 8.42 Å². The van der Waals surface area contributed by atoms with E-state index in [9.17, 15) is 18.0 Å². The lowest BCUT2D eigenvalue weighted by atomic mass is 10.1. The highest BCUT2D eigenvalue weighted by Crippen LogP contribution is 2.22. The first-order chi connectivity index (χ1) is 17.1. The molecule has 2 aromatic carbocycles. The Balaban J connectivity index is 1.67. The molecule has 0 unspecified atom stereocenters. The summed E-state index contributed by atoms with van der Waals surface area (Å²) in [4.78, 5) is 29.4. The maximum atomic E-state index is 13.3. The molecular weight excluding hydrogens is 472 g/mol. The lowest BCUT2D eigenvalue weighted by molar-refractivity contribution is -0.132. The lowest BCUT2D eigenvalue weighted by Crippen LogP contribution is -2.50. The van der Waals surface area contributed by atoms with E-state index in [1.807, 2.05) is 36.1 Å². The fourth-order valence-corrected chi connectivity index (χ4v) is 5.78. The number of amides is 2. The van der Waals surface area contributed by atoms with Crippen molar-refractivity contribution >= 4 is 21.7 Å². The minimum absolute atomic E-state index is 0.102. The SMILES string of the molecule is CCCCc1ccc(CS(=O)(=O)c2ccc(C)c(C(=O)N3CCN(C(=O)CCC(C)C)CC3)c2)cc1. The Kier molecular flexibility index (Phi) is 9.71. The van der Waals surface area contributed by atoms with Gasteiger partial charge in [0.25, 0.3) is 5.91 Å². The van der Waals surface area contributed by atoms with E-state index in [0.717, 1.165) is 36.8 Å². The van der Waals surface area contributed by atoms with Crippen LogP contribution in [0.5, 0.6) is 0 Å². The predicted octanol–water partition coefficient (Wildman–Crippen LogP) is 5.03. The molecule has 1 saturated heterocycles. The van der Waals surface area contributed by atoms with Crippen LogP contribution in [-0.4, -0.2) is 56.2 Å². The van der Waals surface area contributed by atoms with Crippen LogP contribution in [0.4, 0.5) is 0 Å². The first kappa shape index (κ1) is 27.9. The Morgan fingerprint density at radius 1 is 0.917 bits per heavy atom. The highest BCUT2D eigenvalue weighted by molar-refractivity contribution is 7.90. The van der Waals surface area contributed by atoms with Crippen molar-refractivity contribution < 1.29 is 18.0 Å². The Bertz CT molecular complexity index is 1150. The van der Waals surface area contributed by atoms with Crippen LogP contribution < -0.4 is 0 Å². The summed E-state index contributed by atoms with van der Waals surface area (Å²) in [6, 6.07) is 12.6. The molecule has 2 amide bonds. The molecule has 0 aliphatic carbocycles. The average molecular weight is 513 g/mol. The smallest absolute Gasteiger partial charge is 0.254 e. The molecule has 6 nitrogen and oxygen atoms in total. The molecule has 0 aromatic heterocycles. The number of sulfone groups is 1. The molecule has 0 atom stereocenters. The van der Waals surface area contributed by atoms with Crippen molar-refractivity contribution in [3.8, 4) is 0 Å². The molecule has 0 spiro atoms. The molecular formula is C29H40N2O4S. The minimum Gasteiger partial charge on any atom is -0.339 e. The number of rotatable bonds is 10. The van der Waals surface area contributed by atoms with Gasteiger partial charge >= 0.3 is 0 Å². The summed E-state index contributed by atoms with van der Waals surface area (Å²) >= 11 is 0. The van der Waals surface area contributed by atoms with Crippen LogP contribution in [-0.2, 0) is 26.8 Å². The molecule has 2 aromatic rings. The zero-order chi connectivity index (χ0) is 26.3. The number of unbranched alkanes of at least 4 members (excludes halogenated alkanes) is 1. The Hall–Kier alpha value is -2.67. The fraction of sp³-hybridized carbons (Fsp3) is 0.517. The van der Waals surface area contributed by atoms with Crippen molar-refractivity contribution in [2.24, 2.45) is 5.92 Å². The summed E-state index contributed by atoms with van der Waals surface area (Å²) in [6.45, 7) is 10.1. The summed E-state index contributed by atoms with van der Waals surface area (Å²) < 4.78 is 26.4. The van der Waals surface area contributed by atoms with Gasteiger partial charge in [0.05, 0.1) is 10.6 Å². The van der Waals surface area contributed by atoms with Gasteiger partial charge in [-0.3, -0.25) is 9.59 Å². The number of carbonyl (C=O) groups excluding carboxylic acids is 2. The molecule has 1 heterocycles. The summed E-state index contributed by atoms with van der Waals surface area (Å²) in [5.74, 6) is 0.334. The van der Waals surface area contributed by atoms with Gasteiger partial charge in [0.15, 0.2) is 9.84 Å². The summed E-state index contributed by atoms with van der Waals surface area (Å²) in [6.07, 6.45) is 4.62. The van der Waals surface area contributed by atoms with Crippen LogP contribution in [0.1, 0.15) is 73.5 Å². The van der Waals surface area contributed by atoms with Gasteiger partial charge in [-0.15, -0.1) is 0 Å². The minimum atomic E-state index is -3.60. The van der Waals surface area contributed by atoms with Crippen molar-refractivity contribution in [2.75, 3.05) is 26.2 Å². The van der Waals surface area contributed by atoms with Crippen molar-refractivity contribution in [2.45, 2.75) is 70.4 Å². The number of carbonyl (C=O) groups is 2. The second-order valence-corrected chi connectivity index (χ2v) is 12.3. The molecule has 1 fully saturated rings. The zero-order valence-electron chi connectivity index (χ0n) is 22.1. The van der Waals surface area contributed by atoms with Crippen LogP contribution in [0.15, 0.2) is 47.4 Å². The van der Waals surface area contributed by atoms with E-state index >= 15 is 0 Å². The molecule has 0 radical (unpaired) electrons. The van der Waals surface area contributed by atoms with Crippen LogP contribution in [0.25, 0.3) is 0 Å². The van der Waals surface area contributed by atoms with E-state index in [-0.39, 0.29) is 22.5 Å². The van der Waals surface area contributed by atoms with Crippen molar-refractivity contribution in [3.05, 3.63) is 64.7 Å². The van der Waals surface area contributed by atoms with Crippen molar-refractivity contribution in [1.29, 1.82) is 0 Å². The van der Waals surface area contributed by atoms with E-state index in [1.54, 1.807) is 17.0 Å². The van der Waals surface area contributed by atoms with Gasteiger partial charge in [-0.1, -0.05) is 57.5 Å². The van der Waals surface area contributed by atoms with E-state index < -0.39 is 9.84 Å².